The first kappa shape index (κ1) is 25.3. The number of hydrogen-bond acceptors (Lipinski definition) is 8. The number of hydrogen-bond donors (Lipinski definition) is 4. The molecule has 9 nitrogen and oxygen atoms in total. The van der Waals surface area contributed by atoms with Gasteiger partial charge in [-0.1, -0.05) is 22.7 Å². The van der Waals surface area contributed by atoms with Crippen LogP contribution < -0.4 is 15.2 Å². The van der Waals surface area contributed by atoms with E-state index in [1.807, 2.05) is 25.1 Å². The second-order valence-electron chi connectivity index (χ2n) is 8.12. The van der Waals surface area contributed by atoms with Crippen LogP contribution in [0.15, 0.2) is 53.2 Å². The first-order valence-corrected chi connectivity index (χ1v) is 10.2. The molecule has 176 valence electrons. The Kier molecular flexibility index (Phi) is 8.71. The third-order valence-corrected chi connectivity index (χ3v) is 5.07. The van der Waals surface area contributed by atoms with Gasteiger partial charge in [0.05, 0.1) is 23.6 Å². The van der Waals surface area contributed by atoms with Gasteiger partial charge in [-0.15, -0.1) is 5.26 Å². The summed E-state index contributed by atoms with van der Waals surface area (Å²) in [6, 6.07) is 7.21. The molecule has 0 saturated carbocycles. The van der Waals surface area contributed by atoms with Crippen LogP contribution in [-0.2, 0) is 9.73 Å². The number of aliphatic hydroxyl groups is 2. The van der Waals surface area contributed by atoms with E-state index in [1.54, 1.807) is 32.1 Å². The van der Waals surface area contributed by atoms with Gasteiger partial charge in [-0.2, -0.15) is 0 Å². The highest BCUT2D eigenvalue weighted by molar-refractivity contribution is 5.94. The van der Waals surface area contributed by atoms with Crippen molar-refractivity contribution in [2.75, 3.05) is 13.7 Å². The van der Waals surface area contributed by atoms with E-state index < -0.39 is 17.6 Å². The summed E-state index contributed by atoms with van der Waals surface area (Å²) in [7, 11) is 1.40. The summed E-state index contributed by atoms with van der Waals surface area (Å²) in [5.41, 5.74) is 1.18. The lowest BCUT2D eigenvalue weighted by molar-refractivity contribution is -0.847. The van der Waals surface area contributed by atoms with E-state index in [1.165, 1.54) is 14.0 Å². The highest BCUT2D eigenvalue weighted by Gasteiger charge is 2.32. The molecule has 32 heavy (non-hydrogen) atoms. The average Bonchev–Trinajstić information content (AvgIpc) is 2.74. The summed E-state index contributed by atoms with van der Waals surface area (Å²) in [4.78, 5) is 4.26. The maximum absolute atomic E-state index is 12.0. The van der Waals surface area contributed by atoms with Crippen LogP contribution in [0.2, 0.25) is 0 Å². The van der Waals surface area contributed by atoms with Crippen LogP contribution in [0.3, 0.4) is 0 Å². The largest absolute Gasteiger partial charge is 0.856 e. The summed E-state index contributed by atoms with van der Waals surface area (Å²) in [6.07, 6.45) is 3.97. The summed E-state index contributed by atoms with van der Waals surface area (Å²) in [5.74, 6) is 0.379. The number of hydroxylamine groups is 1. The van der Waals surface area contributed by atoms with Crippen molar-refractivity contribution in [3.8, 4) is 5.75 Å². The van der Waals surface area contributed by atoms with Crippen molar-refractivity contribution in [1.29, 1.82) is 0 Å². The molecule has 1 aliphatic rings. The Morgan fingerprint density at radius 2 is 1.94 bits per heavy atom. The lowest BCUT2D eigenvalue weighted by Crippen LogP contribution is -2.40. The lowest BCUT2D eigenvalue weighted by Gasteiger charge is -2.24. The molecule has 0 aromatic heterocycles. The van der Waals surface area contributed by atoms with Gasteiger partial charge in [-0.05, 0) is 63.5 Å². The van der Waals surface area contributed by atoms with E-state index in [0.29, 0.717) is 30.9 Å². The number of benzene rings is 1. The van der Waals surface area contributed by atoms with Gasteiger partial charge in [0, 0.05) is 12.8 Å². The minimum Gasteiger partial charge on any atom is -0.856 e. The predicted octanol–water partition coefficient (Wildman–Crippen LogP) is 1.88. The Morgan fingerprint density at radius 3 is 2.50 bits per heavy atom. The number of aliphatic hydroxyl groups excluding tert-OH is 1. The minimum absolute atomic E-state index is 0.128. The van der Waals surface area contributed by atoms with Crippen LogP contribution in [-0.4, -0.2) is 51.5 Å². The average molecular weight is 449 g/mol. The summed E-state index contributed by atoms with van der Waals surface area (Å²) < 4.78 is 11.9. The molecule has 0 bridgehead atoms. The Morgan fingerprint density at radius 1 is 1.28 bits per heavy atom. The fourth-order valence-electron chi connectivity index (χ4n) is 2.94. The maximum atomic E-state index is 12.0. The molecule has 0 spiro atoms. The van der Waals surface area contributed by atoms with E-state index in [0.717, 1.165) is 15.9 Å². The molecule has 1 heterocycles. The Hall–Kier alpha value is -3.01. The Balaban J connectivity index is 1.98. The number of ether oxygens (including phenoxy) is 2. The third kappa shape index (κ3) is 6.74. The zero-order chi connectivity index (χ0) is 23.9. The Labute approximate surface area is 188 Å². The van der Waals surface area contributed by atoms with Crippen molar-refractivity contribution >= 4 is 12.0 Å². The van der Waals surface area contributed by atoms with Gasteiger partial charge in [0.1, 0.15) is 12.4 Å². The molecular weight excluding hydrogens is 416 g/mol. The molecule has 0 aliphatic carbocycles. The predicted molar refractivity (Wildman–Crippen MR) is 117 cm³/mol. The summed E-state index contributed by atoms with van der Waals surface area (Å²) in [6.45, 7) is 6.99. The summed E-state index contributed by atoms with van der Waals surface area (Å²) >= 11 is 0. The number of nitrogens with zero attached hydrogens (tertiary/aromatic N) is 1. The van der Waals surface area contributed by atoms with Crippen LogP contribution in [0.5, 0.6) is 5.75 Å². The van der Waals surface area contributed by atoms with Gasteiger partial charge < -0.3 is 30.1 Å². The fourth-order valence-corrected chi connectivity index (χ4v) is 2.94. The van der Waals surface area contributed by atoms with E-state index in [4.69, 9.17) is 14.7 Å². The molecule has 0 fully saturated rings. The molecular formula is C23H32N2O7. The minimum atomic E-state index is -1.11. The zero-order valence-electron chi connectivity index (χ0n) is 19.1. The second-order valence-corrected chi connectivity index (χ2v) is 8.12. The van der Waals surface area contributed by atoms with Crippen molar-refractivity contribution in [1.82, 2.24) is 5.32 Å². The molecule has 9 heteroatoms. The molecule has 0 amide bonds. The molecule has 1 aromatic carbocycles. The molecule has 2 rings (SSSR count). The van der Waals surface area contributed by atoms with E-state index in [-0.39, 0.29) is 11.6 Å². The summed E-state index contributed by atoms with van der Waals surface area (Å²) in [5, 5.41) is 43.5. The van der Waals surface area contributed by atoms with Crippen LogP contribution in [0.1, 0.15) is 46.1 Å². The molecule has 4 N–H and O–H groups in total. The molecule has 1 aliphatic heterocycles. The van der Waals surface area contributed by atoms with Crippen molar-refractivity contribution in [2.45, 2.75) is 52.2 Å². The van der Waals surface area contributed by atoms with Crippen LogP contribution in [0, 0.1) is 0 Å². The molecule has 1 atom stereocenters. The normalized spacial score (nSPS) is 17.4. The van der Waals surface area contributed by atoms with Crippen LogP contribution >= 0.6 is 0 Å². The first-order valence-electron chi connectivity index (χ1n) is 10.2. The van der Waals surface area contributed by atoms with Crippen molar-refractivity contribution in [3.63, 3.8) is 0 Å². The highest BCUT2D eigenvalue weighted by atomic mass is 17.2. The third-order valence-electron chi connectivity index (χ3n) is 5.07. The van der Waals surface area contributed by atoms with Gasteiger partial charge in [0.2, 0.25) is 5.70 Å². The monoisotopic (exact) mass is 448 g/mol. The second kappa shape index (κ2) is 11.0. The highest BCUT2D eigenvalue weighted by Crippen LogP contribution is 2.19. The van der Waals surface area contributed by atoms with Crippen LogP contribution in [0.4, 0.5) is 0 Å². The van der Waals surface area contributed by atoms with Gasteiger partial charge in [-0.25, -0.2) is 0 Å². The van der Waals surface area contributed by atoms with Gasteiger partial charge in [-0.3, -0.25) is 0 Å². The Bertz CT molecular complexity index is 909. The first-order chi connectivity index (χ1) is 15.1. The van der Waals surface area contributed by atoms with Gasteiger partial charge >= 0.3 is 5.90 Å². The number of nitrogens with one attached hydrogen (secondary N) is 1. The van der Waals surface area contributed by atoms with E-state index in [9.17, 15) is 15.3 Å². The fraction of sp³-hybridized carbons (Fsp3) is 0.435. The van der Waals surface area contributed by atoms with Crippen molar-refractivity contribution in [2.24, 2.45) is 0 Å². The SMILES string of the molecule is COC1=[N+](OO)C(C)=C([O-])N/C1=C\c1ccc(OC/C=C(\C)CC[C@H](O)C(C)(C)O)cc1. The quantitative estimate of drug-likeness (QED) is 0.195. The van der Waals surface area contributed by atoms with Crippen LogP contribution in [0.25, 0.3) is 6.08 Å². The van der Waals surface area contributed by atoms with Crippen molar-refractivity contribution in [3.05, 3.63) is 58.8 Å². The molecule has 0 radical (unpaired) electrons. The molecule has 0 unspecified atom stereocenters. The number of methoxy groups -OCH3 is 1. The van der Waals surface area contributed by atoms with Gasteiger partial charge in [0.15, 0.2) is 5.70 Å². The van der Waals surface area contributed by atoms with E-state index >= 15 is 0 Å². The lowest BCUT2D eigenvalue weighted by atomic mass is 9.96. The van der Waals surface area contributed by atoms with E-state index in [2.05, 4.69) is 10.3 Å². The molecule has 0 saturated heterocycles. The topological polar surface area (TPSA) is 126 Å². The molecule has 1 aromatic rings. The van der Waals surface area contributed by atoms with Gasteiger partial charge in [0.25, 0.3) is 0 Å². The number of allylic oxidation sites excluding steroid dienone is 2. The zero-order valence-corrected chi connectivity index (χ0v) is 19.1. The van der Waals surface area contributed by atoms with Crippen molar-refractivity contribution < 1.29 is 39.8 Å². The maximum Gasteiger partial charge on any atom is 0.444 e. The standard InChI is InChI=1S/C23H32N2O7/c1-15(6-11-20(26)23(3,4)28)12-13-31-18-9-7-17(8-10-18)14-19-22(30-5)25(32-29)16(2)21(27)24-19/h7-10,12,14,20,24,26,28H,6,11,13H2,1-5H3,(H-,27,29)/b15-12+,19-14-/t20-/m0/s1. The number of rotatable bonds is 9. The smallest absolute Gasteiger partial charge is 0.444 e.